The molecule has 1 atom stereocenters. The molecule has 0 N–H and O–H groups in total. The zero-order valence-electron chi connectivity index (χ0n) is 19.7. The maximum Gasteiger partial charge on any atom is 0.416 e. The quantitative estimate of drug-likeness (QED) is 0.549. The van der Waals surface area contributed by atoms with Gasteiger partial charge in [0, 0.05) is 38.0 Å². The van der Waals surface area contributed by atoms with Crippen molar-refractivity contribution in [2.75, 3.05) is 46.0 Å². The van der Waals surface area contributed by atoms with Gasteiger partial charge in [0.1, 0.15) is 5.75 Å². The molecule has 0 bridgehead atoms. The van der Waals surface area contributed by atoms with Gasteiger partial charge in [-0.15, -0.1) is 0 Å². The molecular formula is C25H29F3N2O5S. The van der Waals surface area contributed by atoms with Gasteiger partial charge in [-0.2, -0.15) is 17.5 Å². The van der Waals surface area contributed by atoms with Crippen LogP contribution in [0.15, 0.2) is 59.5 Å². The highest BCUT2D eigenvalue weighted by atomic mass is 32.2. The topological polar surface area (TPSA) is 76.2 Å². The summed E-state index contributed by atoms with van der Waals surface area (Å²) in [5.74, 6) is 0.474. The third kappa shape index (κ3) is 6.19. The first-order valence-corrected chi connectivity index (χ1v) is 13.2. The Balaban J connectivity index is 1.59. The number of nitrogens with zero attached hydrogens (tertiary/aromatic N) is 2. The zero-order chi connectivity index (χ0) is 25.8. The highest BCUT2D eigenvalue weighted by Crippen LogP contribution is 2.38. The Kier molecular flexibility index (Phi) is 7.91. The van der Waals surface area contributed by atoms with Crippen LogP contribution < -0.4 is 4.74 Å². The summed E-state index contributed by atoms with van der Waals surface area (Å²) in [5.41, 5.74) is -1.86. The first-order valence-electron chi connectivity index (χ1n) is 11.8. The summed E-state index contributed by atoms with van der Waals surface area (Å²) in [4.78, 5) is 14.5. The lowest BCUT2D eigenvalue weighted by Crippen LogP contribution is -2.51. The number of alkyl halides is 3. The van der Waals surface area contributed by atoms with E-state index < -0.39 is 32.1 Å². The van der Waals surface area contributed by atoms with E-state index in [1.807, 2.05) is 18.2 Å². The average Bonchev–Trinajstić information content (AvgIpc) is 2.88. The molecule has 1 unspecified atom stereocenters. The fraction of sp³-hybridized carbons (Fsp3) is 0.480. The maximum atomic E-state index is 13.4. The van der Waals surface area contributed by atoms with Crippen LogP contribution in [0.3, 0.4) is 0 Å². The molecule has 196 valence electrons. The van der Waals surface area contributed by atoms with Gasteiger partial charge in [0.05, 0.1) is 30.3 Å². The van der Waals surface area contributed by atoms with E-state index in [-0.39, 0.29) is 32.0 Å². The minimum atomic E-state index is -4.66. The highest BCUT2D eigenvalue weighted by molar-refractivity contribution is 7.89. The maximum absolute atomic E-state index is 13.4. The molecule has 1 amide bonds. The summed E-state index contributed by atoms with van der Waals surface area (Å²) in [6, 6.07) is 12.8. The molecule has 0 radical (unpaired) electrons. The molecule has 2 aromatic carbocycles. The lowest BCUT2D eigenvalue weighted by molar-refractivity contribution is -0.139. The molecule has 7 nitrogen and oxygen atoms in total. The van der Waals surface area contributed by atoms with Crippen LogP contribution in [0, 0.1) is 5.41 Å². The van der Waals surface area contributed by atoms with E-state index >= 15 is 0 Å². The van der Waals surface area contributed by atoms with Crippen molar-refractivity contribution in [3.05, 3.63) is 60.2 Å². The van der Waals surface area contributed by atoms with Crippen LogP contribution in [-0.2, 0) is 25.7 Å². The van der Waals surface area contributed by atoms with Gasteiger partial charge in [0.2, 0.25) is 15.9 Å². The number of rotatable bonds is 7. The number of carbonyl (C=O) groups is 1. The number of halogens is 3. The van der Waals surface area contributed by atoms with E-state index in [0.717, 1.165) is 12.1 Å². The monoisotopic (exact) mass is 526 g/mol. The molecule has 0 saturated carbocycles. The van der Waals surface area contributed by atoms with Crippen LogP contribution >= 0.6 is 0 Å². The van der Waals surface area contributed by atoms with Crippen LogP contribution in [-0.4, -0.2) is 69.5 Å². The van der Waals surface area contributed by atoms with Gasteiger partial charge < -0.3 is 14.4 Å². The van der Waals surface area contributed by atoms with Gasteiger partial charge >= 0.3 is 6.18 Å². The van der Waals surface area contributed by atoms with Crippen molar-refractivity contribution in [3.8, 4) is 5.75 Å². The lowest BCUT2D eigenvalue weighted by atomic mass is 9.78. The Morgan fingerprint density at radius 1 is 1.03 bits per heavy atom. The minimum absolute atomic E-state index is 0.0332. The summed E-state index contributed by atoms with van der Waals surface area (Å²) in [6.07, 6.45) is -3.60. The van der Waals surface area contributed by atoms with Crippen molar-refractivity contribution in [1.29, 1.82) is 0 Å². The third-order valence-electron chi connectivity index (χ3n) is 6.60. The number of hydrogen-bond acceptors (Lipinski definition) is 5. The fourth-order valence-electron chi connectivity index (χ4n) is 4.66. The standard InChI is InChI=1S/C25H29F3N2O5S/c26-25(27,28)20-6-4-9-22(16-20)36(32,33)30-11-5-10-24(18-30,19-35-21-7-2-1-3-8-21)17-23(31)29-12-14-34-15-13-29/h1-4,6-9,16H,5,10-15,17-19H2. The highest BCUT2D eigenvalue weighted by Gasteiger charge is 2.43. The Morgan fingerprint density at radius 3 is 2.44 bits per heavy atom. The molecule has 2 saturated heterocycles. The number of amides is 1. The third-order valence-corrected chi connectivity index (χ3v) is 8.44. The van der Waals surface area contributed by atoms with Crippen molar-refractivity contribution < 1.29 is 35.9 Å². The second-order valence-electron chi connectivity index (χ2n) is 9.24. The molecule has 11 heteroatoms. The molecule has 2 aliphatic rings. The smallest absolute Gasteiger partial charge is 0.416 e. The van der Waals surface area contributed by atoms with E-state index in [4.69, 9.17) is 9.47 Å². The van der Waals surface area contributed by atoms with Crippen LogP contribution in [0.25, 0.3) is 0 Å². The van der Waals surface area contributed by atoms with Crippen LogP contribution in [0.5, 0.6) is 5.75 Å². The van der Waals surface area contributed by atoms with Gasteiger partial charge in [-0.3, -0.25) is 4.79 Å². The summed E-state index contributed by atoms with van der Waals surface area (Å²) < 4.78 is 79.0. The fourth-order valence-corrected chi connectivity index (χ4v) is 6.30. The second-order valence-corrected chi connectivity index (χ2v) is 11.2. The van der Waals surface area contributed by atoms with Crippen LogP contribution in [0.2, 0.25) is 0 Å². The molecule has 2 aliphatic heterocycles. The molecule has 4 rings (SSSR count). The molecule has 2 aromatic rings. The van der Waals surface area contributed by atoms with Crippen molar-refractivity contribution >= 4 is 15.9 Å². The second kappa shape index (κ2) is 10.8. The van der Waals surface area contributed by atoms with Crippen molar-refractivity contribution in [1.82, 2.24) is 9.21 Å². The van der Waals surface area contributed by atoms with Gasteiger partial charge in [0.15, 0.2) is 0 Å². The predicted molar refractivity (Wildman–Crippen MR) is 126 cm³/mol. The SMILES string of the molecule is O=C(CC1(COc2ccccc2)CCCN(S(=O)(=O)c2cccc(C(F)(F)F)c2)C1)N1CCOCC1. The number of ether oxygens (including phenoxy) is 2. The molecule has 0 spiro atoms. The Bertz CT molecular complexity index is 1150. The van der Waals surface area contributed by atoms with Gasteiger partial charge in [-0.05, 0) is 43.2 Å². The summed E-state index contributed by atoms with van der Waals surface area (Å²) in [5, 5.41) is 0. The molecule has 2 fully saturated rings. The molecule has 2 heterocycles. The Labute approximate surface area is 208 Å². The first-order chi connectivity index (χ1) is 17.1. The van der Waals surface area contributed by atoms with Crippen LogP contribution in [0.1, 0.15) is 24.8 Å². The predicted octanol–water partition coefficient (Wildman–Crippen LogP) is 3.80. The summed E-state index contributed by atoms with van der Waals surface area (Å²) >= 11 is 0. The average molecular weight is 527 g/mol. The molecular weight excluding hydrogens is 497 g/mol. The number of benzene rings is 2. The van der Waals surface area contributed by atoms with Gasteiger partial charge in [0.25, 0.3) is 0 Å². The number of piperidine rings is 1. The first kappa shape index (κ1) is 26.4. The van der Waals surface area contributed by atoms with Gasteiger partial charge in [-0.25, -0.2) is 8.42 Å². The molecule has 36 heavy (non-hydrogen) atoms. The van der Waals surface area contributed by atoms with Gasteiger partial charge in [-0.1, -0.05) is 24.3 Å². The van der Waals surface area contributed by atoms with E-state index in [1.165, 1.54) is 10.4 Å². The molecule has 0 aromatic heterocycles. The van der Waals surface area contributed by atoms with Crippen molar-refractivity contribution in [2.24, 2.45) is 5.41 Å². The van der Waals surface area contributed by atoms with Crippen LogP contribution in [0.4, 0.5) is 13.2 Å². The number of para-hydroxylation sites is 1. The van der Waals surface area contributed by atoms with E-state index in [1.54, 1.807) is 17.0 Å². The van der Waals surface area contributed by atoms with Crippen molar-refractivity contribution in [2.45, 2.75) is 30.3 Å². The van der Waals surface area contributed by atoms with Crippen molar-refractivity contribution in [3.63, 3.8) is 0 Å². The van der Waals surface area contributed by atoms with E-state index in [9.17, 15) is 26.4 Å². The lowest BCUT2D eigenvalue weighted by Gasteiger charge is -2.42. The largest absolute Gasteiger partial charge is 0.493 e. The number of morpholine rings is 1. The van der Waals surface area contributed by atoms with E-state index in [0.29, 0.717) is 51.0 Å². The Morgan fingerprint density at radius 2 is 1.75 bits per heavy atom. The summed E-state index contributed by atoms with van der Waals surface area (Å²) in [6.45, 7) is 2.01. The summed E-state index contributed by atoms with van der Waals surface area (Å²) in [7, 11) is -4.23. The minimum Gasteiger partial charge on any atom is -0.493 e. The molecule has 0 aliphatic carbocycles. The Hall–Kier alpha value is -2.63. The number of sulfonamides is 1. The van der Waals surface area contributed by atoms with E-state index in [2.05, 4.69) is 0 Å². The zero-order valence-corrected chi connectivity index (χ0v) is 20.6. The number of hydrogen-bond donors (Lipinski definition) is 0. The normalized spacial score (nSPS) is 21.8. The number of carbonyl (C=O) groups excluding carboxylic acids is 1.